The van der Waals surface area contributed by atoms with Gasteiger partial charge in [-0.15, -0.1) is 0 Å². The lowest BCUT2D eigenvalue weighted by Gasteiger charge is -2.47. The van der Waals surface area contributed by atoms with E-state index in [4.69, 9.17) is 0 Å². The number of nitrogens with one attached hydrogen (secondary N) is 1. The largest absolute Gasteiger partial charge is 0.417 e. The second kappa shape index (κ2) is 9.80. The normalized spacial score (nSPS) is 25.9. The Balaban J connectivity index is 1.47. The van der Waals surface area contributed by atoms with E-state index in [1.54, 1.807) is 24.3 Å². The molecule has 1 aliphatic heterocycles. The molecule has 0 radical (unpaired) electrons. The first-order valence-corrected chi connectivity index (χ1v) is 15.3. The molecule has 1 spiro atoms. The molecule has 6 rings (SSSR count). The number of sulfonamides is 1. The van der Waals surface area contributed by atoms with Crippen LogP contribution in [0, 0.1) is 18.7 Å². The third-order valence-corrected chi connectivity index (χ3v) is 10.9. The number of carbonyl (C=O) groups excluding carboxylic acids is 1. The van der Waals surface area contributed by atoms with Gasteiger partial charge >= 0.3 is 6.18 Å². The molecule has 0 aromatic heterocycles. The molecule has 0 saturated heterocycles. The second-order valence-electron chi connectivity index (χ2n) is 11.8. The number of anilines is 2. The van der Waals surface area contributed by atoms with E-state index in [2.05, 4.69) is 5.32 Å². The molecule has 1 atom stereocenters. The number of hydrogen-bond donors (Lipinski definition) is 2. The minimum Gasteiger partial charge on any atom is -0.380 e. The number of halogens is 4. The van der Waals surface area contributed by atoms with Crippen LogP contribution >= 0.6 is 0 Å². The topological polar surface area (TPSA) is 86.7 Å². The second-order valence-corrected chi connectivity index (χ2v) is 13.6. The highest BCUT2D eigenvalue weighted by molar-refractivity contribution is 7.92. The van der Waals surface area contributed by atoms with Crippen LogP contribution in [0.5, 0.6) is 0 Å². The molecule has 2 aliphatic carbocycles. The summed E-state index contributed by atoms with van der Waals surface area (Å²) in [5.74, 6) is -1.16. The molecule has 3 aliphatic rings. The number of rotatable bonds is 5. The lowest BCUT2D eigenvalue weighted by atomic mass is 9.61. The van der Waals surface area contributed by atoms with Crippen LogP contribution in [0.4, 0.5) is 28.9 Å². The Labute approximate surface area is 241 Å². The maximum atomic E-state index is 14.2. The summed E-state index contributed by atoms with van der Waals surface area (Å²) >= 11 is 0. The molecule has 42 heavy (non-hydrogen) atoms. The Kier molecular flexibility index (Phi) is 6.69. The van der Waals surface area contributed by atoms with Gasteiger partial charge in [0.1, 0.15) is 5.82 Å². The van der Waals surface area contributed by atoms with Gasteiger partial charge in [0, 0.05) is 16.7 Å². The van der Waals surface area contributed by atoms with Gasteiger partial charge < -0.3 is 10.4 Å². The zero-order chi connectivity index (χ0) is 30.1. The molecule has 2 saturated carbocycles. The van der Waals surface area contributed by atoms with Crippen molar-refractivity contribution in [2.24, 2.45) is 5.92 Å². The van der Waals surface area contributed by atoms with Crippen LogP contribution in [0.25, 0.3) is 0 Å². The van der Waals surface area contributed by atoms with Crippen molar-refractivity contribution in [2.45, 2.75) is 73.6 Å². The molecule has 11 heteroatoms. The van der Waals surface area contributed by atoms with Crippen LogP contribution in [-0.2, 0) is 15.4 Å². The highest BCUT2D eigenvalue weighted by Gasteiger charge is 2.65. The van der Waals surface area contributed by atoms with Crippen LogP contribution in [0.15, 0.2) is 71.6 Å². The molecule has 6 nitrogen and oxygen atoms in total. The quantitative estimate of drug-likeness (QED) is 0.328. The summed E-state index contributed by atoms with van der Waals surface area (Å²) in [6, 6.07) is 15.6. The average molecular weight is 603 g/mol. The van der Waals surface area contributed by atoms with Crippen molar-refractivity contribution in [1.82, 2.24) is 0 Å². The molecule has 222 valence electrons. The molecule has 1 heterocycles. The van der Waals surface area contributed by atoms with Gasteiger partial charge in [-0.3, -0.25) is 9.10 Å². The Morgan fingerprint density at radius 1 is 0.976 bits per heavy atom. The maximum Gasteiger partial charge on any atom is 0.417 e. The Morgan fingerprint density at radius 3 is 2.24 bits per heavy atom. The minimum absolute atomic E-state index is 0.116. The van der Waals surface area contributed by atoms with Crippen molar-refractivity contribution >= 4 is 27.3 Å². The van der Waals surface area contributed by atoms with Crippen LogP contribution in [0.2, 0.25) is 0 Å². The van der Waals surface area contributed by atoms with Crippen molar-refractivity contribution in [3.8, 4) is 0 Å². The number of hydrogen-bond acceptors (Lipinski definition) is 4. The highest BCUT2D eigenvalue weighted by atomic mass is 32.2. The van der Waals surface area contributed by atoms with Crippen molar-refractivity contribution < 1.29 is 35.9 Å². The minimum atomic E-state index is -4.83. The smallest absolute Gasteiger partial charge is 0.380 e. The van der Waals surface area contributed by atoms with Gasteiger partial charge in [0.15, 0.2) is 5.60 Å². The number of nitrogens with zero attached hydrogens (tertiary/aromatic N) is 1. The molecular weight excluding hydrogens is 572 g/mol. The first-order chi connectivity index (χ1) is 19.7. The van der Waals surface area contributed by atoms with Gasteiger partial charge in [-0.25, -0.2) is 12.8 Å². The van der Waals surface area contributed by atoms with E-state index in [0.29, 0.717) is 29.8 Å². The summed E-state index contributed by atoms with van der Waals surface area (Å²) in [7, 11) is -4.26. The van der Waals surface area contributed by atoms with Crippen molar-refractivity contribution in [3.05, 3.63) is 89.2 Å². The third-order valence-electron chi connectivity index (χ3n) is 9.06. The summed E-state index contributed by atoms with van der Waals surface area (Å²) in [6.45, 7) is 1.88. The van der Waals surface area contributed by atoms with E-state index in [0.717, 1.165) is 17.7 Å². The number of benzene rings is 3. The SMILES string of the molecule is Cc1cccc(NC(=O)c2ccc3c(c2)C2(CCC(O)(C(F)(F)F)CC2)C(C2CC2)N3S(=O)(=O)c2ccc(F)cc2)c1. The van der Waals surface area contributed by atoms with Gasteiger partial charge in [-0.05, 0) is 117 Å². The molecule has 2 N–H and O–H groups in total. The van der Waals surface area contributed by atoms with E-state index in [1.165, 1.54) is 28.6 Å². The predicted octanol–water partition coefficient (Wildman–Crippen LogP) is 6.48. The van der Waals surface area contributed by atoms with Crippen molar-refractivity contribution in [3.63, 3.8) is 0 Å². The van der Waals surface area contributed by atoms with Gasteiger partial charge in [0.05, 0.1) is 16.6 Å². The lowest BCUT2D eigenvalue weighted by Crippen LogP contribution is -2.56. The van der Waals surface area contributed by atoms with Crippen molar-refractivity contribution in [1.29, 1.82) is 0 Å². The van der Waals surface area contributed by atoms with E-state index >= 15 is 0 Å². The summed E-state index contributed by atoms with van der Waals surface area (Å²) in [5, 5.41) is 13.4. The first-order valence-electron chi connectivity index (χ1n) is 13.9. The van der Waals surface area contributed by atoms with E-state index in [-0.39, 0.29) is 29.2 Å². The van der Waals surface area contributed by atoms with E-state index in [1.807, 2.05) is 13.0 Å². The van der Waals surface area contributed by atoms with Crippen molar-refractivity contribution in [2.75, 3.05) is 9.62 Å². The maximum absolute atomic E-state index is 14.2. The van der Waals surface area contributed by atoms with Crippen LogP contribution in [-0.4, -0.2) is 37.3 Å². The first kappa shape index (κ1) is 28.7. The zero-order valence-electron chi connectivity index (χ0n) is 22.8. The molecular formula is C31H30F4N2O4S. The van der Waals surface area contributed by atoms with Gasteiger partial charge in [-0.2, -0.15) is 13.2 Å². The highest BCUT2D eigenvalue weighted by Crippen LogP contribution is 2.62. The van der Waals surface area contributed by atoms with Crippen LogP contribution in [0.1, 0.15) is 60.0 Å². The van der Waals surface area contributed by atoms with E-state index in [9.17, 15) is 35.9 Å². The molecule has 1 unspecified atom stereocenters. The van der Waals surface area contributed by atoms with Gasteiger partial charge in [-0.1, -0.05) is 12.1 Å². The predicted molar refractivity (Wildman–Crippen MR) is 149 cm³/mol. The number of aryl methyl sites for hydroxylation is 1. The lowest BCUT2D eigenvalue weighted by molar-refractivity contribution is -0.273. The van der Waals surface area contributed by atoms with Crippen LogP contribution in [0.3, 0.4) is 0 Å². The van der Waals surface area contributed by atoms with Gasteiger partial charge in [0.2, 0.25) is 0 Å². The standard InChI is InChI=1S/C31H30F4N2O4S/c1-19-3-2-4-23(17-19)36-28(38)21-7-12-26-25(18-21)29(13-15-30(39,16-14-29)31(33,34)35)27(20-5-6-20)37(26)42(40,41)24-10-8-22(32)9-11-24/h2-4,7-12,17-18,20,27,39H,5-6,13-16H2,1H3,(H,36,38). The number of amides is 1. The molecule has 3 aromatic carbocycles. The van der Waals surface area contributed by atoms with Gasteiger partial charge in [0.25, 0.3) is 15.9 Å². The summed E-state index contributed by atoms with van der Waals surface area (Å²) in [4.78, 5) is 13.2. The molecule has 3 aromatic rings. The summed E-state index contributed by atoms with van der Waals surface area (Å²) in [5.41, 5.74) is -1.42. The number of aliphatic hydroxyl groups is 1. The number of alkyl halides is 3. The molecule has 1 amide bonds. The fraction of sp³-hybridized carbons (Fsp3) is 0.387. The van der Waals surface area contributed by atoms with E-state index < -0.39 is 57.8 Å². The fourth-order valence-corrected chi connectivity index (χ4v) is 8.54. The monoisotopic (exact) mass is 602 g/mol. The number of fused-ring (bicyclic) bond motifs is 2. The average Bonchev–Trinajstić information content (AvgIpc) is 3.73. The Bertz CT molecular complexity index is 1640. The summed E-state index contributed by atoms with van der Waals surface area (Å²) < 4.78 is 84.8. The molecule has 0 bridgehead atoms. The Morgan fingerprint density at radius 2 is 1.64 bits per heavy atom. The molecule has 2 fully saturated rings. The Hall–Kier alpha value is -3.44. The zero-order valence-corrected chi connectivity index (χ0v) is 23.6. The number of carbonyl (C=O) groups is 1. The fourth-order valence-electron chi connectivity index (χ4n) is 6.74. The van der Waals surface area contributed by atoms with Crippen LogP contribution < -0.4 is 9.62 Å². The third kappa shape index (κ3) is 4.66. The summed E-state index contributed by atoms with van der Waals surface area (Å²) in [6.07, 6.45) is -4.86.